The van der Waals surface area contributed by atoms with Gasteiger partial charge in [-0.05, 0) is 52.3 Å². The van der Waals surface area contributed by atoms with Crippen LogP contribution in [0.3, 0.4) is 0 Å². The van der Waals surface area contributed by atoms with E-state index in [2.05, 4.69) is 75.3 Å². The van der Waals surface area contributed by atoms with Gasteiger partial charge in [0.2, 0.25) is 0 Å². The van der Waals surface area contributed by atoms with Gasteiger partial charge in [0.25, 0.3) is 0 Å². The van der Waals surface area contributed by atoms with Gasteiger partial charge in [0.15, 0.2) is 0 Å². The highest BCUT2D eigenvalue weighted by molar-refractivity contribution is 6.31. The van der Waals surface area contributed by atoms with Crippen LogP contribution in [0.15, 0.2) is 29.8 Å². The number of pyridine rings is 1. The Kier molecular flexibility index (Phi) is 4.70. The lowest BCUT2D eigenvalue weighted by atomic mass is 10.1. The molecule has 1 aromatic heterocycles. The molecule has 0 aliphatic rings. The zero-order valence-corrected chi connectivity index (χ0v) is 14.2. The number of aryl methyl sites for hydroxylation is 1. The van der Waals surface area contributed by atoms with Gasteiger partial charge in [-0.1, -0.05) is 35.4 Å². The van der Waals surface area contributed by atoms with Crippen molar-refractivity contribution in [2.75, 3.05) is 6.54 Å². The molecular formula is C18H23ClN2. The first kappa shape index (κ1) is 16.0. The number of nitrogens with zero attached hydrogens (tertiary/aromatic N) is 1. The first-order chi connectivity index (χ1) is 9.74. The van der Waals surface area contributed by atoms with Crippen LogP contribution in [-0.4, -0.2) is 17.1 Å². The molecule has 2 rings (SSSR count). The van der Waals surface area contributed by atoms with Crippen LogP contribution in [0.4, 0.5) is 0 Å². The fourth-order valence-corrected chi connectivity index (χ4v) is 2.29. The number of nitrogens with one attached hydrogen (secondary N) is 1. The lowest BCUT2D eigenvalue weighted by molar-refractivity contribution is 0.445. The highest BCUT2D eigenvalue weighted by Crippen LogP contribution is 2.23. The van der Waals surface area contributed by atoms with E-state index < -0.39 is 0 Å². The third-order valence-corrected chi connectivity index (χ3v) is 3.56. The number of aromatic nitrogens is 1. The summed E-state index contributed by atoms with van der Waals surface area (Å²) in [7, 11) is 0. The van der Waals surface area contributed by atoms with Gasteiger partial charge in [-0.25, -0.2) is 4.98 Å². The van der Waals surface area contributed by atoms with Crippen molar-refractivity contribution >= 4 is 28.6 Å². The van der Waals surface area contributed by atoms with Crippen LogP contribution in [0.1, 0.15) is 38.8 Å². The standard InChI is InChI=1S/C18H23ClN2/c1-12-6-7-14-10-15(17(19)21-16(14)9-12)8-13(2)11-20-18(3,4)5/h6-10,20H,11H2,1-5H3. The predicted molar refractivity (Wildman–Crippen MR) is 92.9 cm³/mol. The van der Waals surface area contributed by atoms with Crippen molar-refractivity contribution in [3.63, 3.8) is 0 Å². The molecule has 1 aromatic carbocycles. The molecule has 1 N–H and O–H groups in total. The SMILES string of the molecule is CC(=Cc1cc2ccc(C)cc2nc1Cl)CNC(C)(C)C. The molecule has 0 fully saturated rings. The molecule has 0 aliphatic carbocycles. The molecule has 2 aromatic rings. The van der Waals surface area contributed by atoms with E-state index >= 15 is 0 Å². The summed E-state index contributed by atoms with van der Waals surface area (Å²) in [6, 6.07) is 8.35. The Morgan fingerprint density at radius 1 is 1.29 bits per heavy atom. The summed E-state index contributed by atoms with van der Waals surface area (Å²) in [5, 5.41) is 5.15. The zero-order chi connectivity index (χ0) is 15.6. The lowest BCUT2D eigenvalue weighted by Gasteiger charge is -2.20. The second kappa shape index (κ2) is 6.17. The highest BCUT2D eigenvalue weighted by Gasteiger charge is 2.09. The van der Waals surface area contributed by atoms with E-state index in [-0.39, 0.29) is 5.54 Å². The summed E-state index contributed by atoms with van der Waals surface area (Å²) in [4.78, 5) is 4.50. The maximum absolute atomic E-state index is 6.31. The molecular weight excluding hydrogens is 280 g/mol. The van der Waals surface area contributed by atoms with E-state index in [1.165, 1.54) is 11.1 Å². The van der Waals surface area contributed by atoms with Crippen LogP contribution in [0, 0.1) is 6.92 Å². The minimum atomic E-state index is 0.109. The van der Waals surface area contributed by atoms with Crippen molar-refractivity contribution in [3.8, 4) is 0 Å². The Bertz CT molecular complexity index is 681. The molecule has 21 heavy (non-hydrogen) atoms. The molecule has 0 spiro atoms. The van der Waals surface area contributed by atoms with Crippen molar-refractivity contribution in [2.24, 2.45) is 0 Å². The number of rotatable bonds is 3. The molecule has 0 bridgehead atoms. The molecule has 0 saturated heterocycles. The molecule has 1 heterocycles. The second-order valence-corrected chi connectivity index (χ2v) is 7.02. The third-order valence-electron chi connectivity index (χ3n) is 3.25. The molecule has 0 atom stereocenters. The quantitative estimate of drug-likeness (QED) is 0.808. The van der Waals surface area contributed by atoms with Crippen LogP contribution in [0.5, 0.6) is 0 Å². The largest absolute Gasteiger partial charge is 0.308 e. The first-order valence-electron chi connectivity index (χ1n) is 7.24. The van der Waals surface area contributed by atoms with Crippen molar-refractivity contribution in [1.29, 1.82) is 0 Å². The van der Waals surface area contributed by atoms with E-state index in [0.717, 1.165) is 23.0 Å². The molecule has 0 aliphatic heterocycles. The predicted octanol–water partition coefficient (Wildman–Crippen LogP) is 4.99. The average molecular weight is 303 g/mol. The number of hydrogen-bond donors (Lipinski definition) is 1. The Morgan fingerprint density at radius 3 is 2.67 bits per heavy atom. The van der Waals surface area contributed by atoms with Gasteiger partial charge in [-0.3, -0.25) is 0 Å². The Balaban J connectivity index is 2.29. The van der Waals surface area contributed by atoms with Gasteiger partial charge in [0.1, 0.15) is 5.15 Å². The molecule has 0 radical (unpaired) electrons. The summed E-state index contributed by atoms with van der Waals surface area (Å²) in [6.07, 6.45) is 2.10. The van der Waals surface area contributed by atoms with E-state index in [4.69, 9.17) is 11.6 Å². The minimum Gasteiger partial charge on any atom is -0.308 e. The molecule has 0 unspecified atom stereocenters. The fourth-order valence-electron chi connectivity index (χ4n) is 2.09. The van der Waals surface area contributed by atoms with Crippen LogP contribution in [-0.2, 0) is 0 Å². The van der Waals surface area contributed by atoms with Gasteiger partial charge >= 0.3 is 0 Å². The number of fused-ring (bicyclic) bond motifs is 1. The van der Waals surface area contributed by atoms with Crippen molar-refractivity contribution in [1.82, 2.24) is 10.3 Å². The van der Waals surface area contributed by atoms with Gasteiger partial charge < -0.3 is 5.32 Å². The van der Waals surface area contributed by atoms with Crippen LogP contribution < -0.4 is 5.32 Å². The summed E-state index contributed by atoms with van der Waals surface area (Å²) < 4.78 is 0. The Labute approximate surface area is 132 Å². The maximum atomic E-state index is 6.31. The van der Waals surface area contributed by atoms with Crippen molar-refractivity contribution < 1.29 is 0 Å². The Morgan fingerprint density at radius 2 is 2.00 bits per heavy atom. The van der Waals surface area contributed by atoms with Gasteiger partial charge in [0, 0.05) is 23.0 Å². The third kappa shape index (κ3) is 4.55. The number of hydrogen-bond acceptors (Lipinski definition) is 2. The smallest absolute Gasteiger partial charge is 0.136 e. The number of halogens is 1. The summed E-state index contributed by atoms with van der Waals surface area (Å²) in [5.41, 5.74) is 4.46. The molecule has 0 saturated carbocycles. The lowest BCUT2D eigenvalue weighted by Crippen LogP contribution is -2.36. The van der Waals surface area contributed by atoms with E-state index in [1.807, 2.05) is 0 Å². The van der Waals surface area contributed by atoms with Crippen molar-refractivity contribution in [3.05, 3.63) is 46.1 Å². The Hall–Kier alpha value is -1.38. The maximum Gasteiger partial charge on any atom is 0.136 e. The fraction of sp³-hybridized carbons (Fsp3) is 0.389. The summed E-state index contributed by atoms with van der Waals surface area (Å²) in [5.74, 6) is 0. The van der Waals surface area contributed by atoms with Crippen molar-refractivity contribution in [2.45, 2.75) is 40.2 Å². The van der Waals surface area contributed by atoms with E-state index in [1.54, 1.807) is 0 Å². The second-order valence-electron chi connectivity index (χ2n) is 6.66. The average Bonchev–Trinajstić information content (AvgIpc) is 2.37. The molecule has 0 amide bonds. The molecule has 3 heteroatoms. The van der Waals surface area contributed by atoms with Gasteiger partial charge in [-0.15, -0.1) is 0 Å². The van der Waals surface area contributed by atoms with Crippen LogP contribution in [0.2, 0.25) is 5.15 Å². The van der Waals surface area contributed by atoms with Gasteiger partial charge in [0.05, 0.1) is 5.52 Å². The molecule has 2 nitrogen and oxygen atoms in total. The first-order valence-corrected chi connectivity index (χ1v) is 7.61. The van der Waals surface area contributed by atoms with E-state index in [9.17, 15) is 0 Å². The zero-order valence-electron chi connectivity index (χ0n) is 13.4. The number of benzene rings is 1. The topological polar surface area (TPSA) is 24.9 Å². The van der Waals surface area contributed by atoms with E-state index in [0.29, 0.717) is 5.15 Å². The summed E-state index contributed by atoms with van der Waals surface area (Å²) >= 11 is 6.31. The summed E-state index contributed by atoms with van der Waals surface area (Å²) in [6.45, 7) is 11.5. The normalized spacial score (nSPS) is 13.0. The highest BCUT2D eigenvalue weighted by atomic mass is 35.5. The van der Waals surface area contributed by atoms with Crippen LogP contribution >= 0.6 is 11.6 Å². The minimum absolute atomic E-state index is 0.109. The molecule has 112 valence electrons. The van der Waals surface area contributed by atoms with Gasteiger partial charge in [-0.2, -0.15) is 0 Å². The monoisotopic (exact) mass is 302 g/mol. The van der Waals surface area contributed by atoms with Crippen LogP contribution in [0.25, 0.3) is 17.0 Å².